The van der Waals surface area contributed by atoms with Gasteiger partial charge in [-0.2, -0.15) is 11.3 Å². The van der Waals surface area contributed by atoms with Gasteiger partial charge in [-0.05, 0) is 71.8 Å². The third-order valence-electron chi connectivity index (χ3n) is 4.59. The molecule has 7 heteroatoms. The van der Waals surface area contributed by atoms with Crippen molar-refractivity contribution in [3.63, 3.8) is 0 Å². The van der Waals surface area contributed by atoms with E-state index in [-0.39, 0.29) is 11.5 Å². The minimum Gasteiger partial charge on any atom is -0.494 e. The molecular formula is C22H18N2O4S. The molecule has 29 heavy (non-hydrogen) atoms. The van der Waals surface area contributed by atoms with Crippen LogP contribution in [-0.2, 0) is 6.54 Å². The van der Waals surface area contributed by atoms with Crippen LogP contribution in [0.25, 0.3) is 0 Å². The summed E-state index contributed by atoms with van der Waals surface area (Å²) in [5.74, 6) is -0.475. The zero-order valence-corrected chi connectivity index (χ0v) is 16.5. The maximum atomic E-state index is 12.9. The van der Waals surface area contributed by atoms with E-state index in [0.29, 0.717) is 35.7 Å². The summed E-state index contributed by atoms with van der Waals surface area (Å²) in [6.45, 7) is 2.82. The van der Waals surface area contributed by atoms with Crippen molar-refractivity contribution in [3.8, 4) is 5.75 Å². The van der Waals surface area contributed by atoms with Gasteiger partial charge in [0.05, 0.1) is 23.4 Å². The second kappa shape index (κ2) is 7.89. The lowest BCUT2D eigenvalue weighted by Gasteiger charge is -2.14. The van der Waals surface area contributed by atoms with Gasteiger partial charge in [-0.25, -0.2) is 4.90 Å². The number of imide groups is 1. The molecule has 1 aliphatic heterocycles. The predicted octanol–water partition coefficient (Wildman–Crippen LogP) is 3.88. The number of thiophene rings is 1. The summed E-state index contributed by atoms with van der Waals surface area (Å²) in [4.78, 5) is 39.2. The summed E-state index contributed by atoms with van der Waals surface area (Å²) in [7, 11) is 0. The highest BCUT2D eigenvalue weighted by atomic mass is 32.1. The molecule has 0 atom stereocenters. The van der Waals surface area contributed by atoms with Crippen molar-refractivity contribution in [1.82, 2.24) is 5.32 Å². The second-order valence-corrected chi connectivity index (χ2v) is 7.23. The SMILES string of the molecule is CCOc1ccc(N2C(=O)c3ccc(C(=O)NCc4ccsc4)cc3C2=O)cc1. The van der Waals surface area contributed by atoms with E-state index in [4.69, 9.17) is 4.74 Å². The summed E-state index contributed by atoms with van der Waals surface area (Å²) in [5.41, 5.74) is 2.33. The van der Waals surface area contributed by atoms with Crippen molar-refractivity contribution >= 4 is 34.7 Å². The number of ether oxygens (including phenoxy) is 1. The zero-order valence-electron chi connectivity index (χ0n) is 15.7. The molecule has 0 unspecified atom stereocenters. The predicted molar refractivity (Wildman–Crippen MR) is 111 cm³/mol. The molecular weight excluding hydrogens is 388 g/mol. The molecule has 0 saturated heterocycles. The van der Waals surface area contributed by atoms with Crippen LogP contribution in [0.15, 0.2) is 59.3 Å². The fourth-order valence-electron chi connectivity index (χ4n) is 3.15. The topological polar surface area (TPSA) is 75.7 Å². The number of amides is 3. The Morgan fingerprint density at radius 2 is 1.79 bits per heavy atom. The normalized spacial score (nSPS) is 12.8. The Hall–Kier alpha value is -3.45. The van der Waals surface area contributed by atoms with Crippen LogP contribution < -0.4 is 15.0 Å². The molecule has 146 valence electrons. The number of rotatable bonds is 6. The smallest absolute Gasteiger partial charge is 0.266 e. The van der Waals surface area contributed by atoms with Gasteiger partial charge in [-0.15, -0.1) is 0 Å². The number of benzene rings is 2. The van der Waals surface area contributed by atoms with E-state index >= 15 is 0 Å². The van der Waals surface area contributed by atoms with Gasteiger partial charge in [0.1, 0.15) is 5.75 Å². The van der Waals surface area contributed by atoms with Crippen molar-refractivity contribution < 1.29 is 19.1 Å². The van der Waals surface area contributed by atoms with Crippen LogP contribution in [0, 0.1) is 0 Å². The molecule has 0 bridgehead atoms. The molecule has 0 saturated carbocycles. The summed E-state index contributed by atoms with van der Waals surface area (Å²) in [6, 6.07) is 13.3. The Labute approximate surface area is 171 Å². The number of carbonyl (C=O) groups excluding carboxylic acids is 3. The third kappa shape index (κ3) is 3.64. The highest BCUT2D eigenvalue weighted by molar-refractivity contribution is 7.07. The van der Waals surface area contributed by atoms with E-state index in [2.05, 4.69) is 5.32 Å². The minimum atomic E-state index is -0.443. The first-order valence-electron chi connectivity index (χ1n) is 9.13. The van der Waals surface area contributed by atoms with E-state index in [0.717, 1.165) is 10.5 Å². The lowest BCUT2D eigenvalue weighted by Crippen LogP contribution is -2.29. The van der Waals surface area contributed by atoms with Gasteiger partial charge in [0.15, 0.2) is 0 Å². The maximum absolute atomic E-state index is 12.9. The molecule has 0 spiro atoms. The van der Waals surface area contributed by atoms with Crippen LogP contribution in [0.3, 0.4) is 0 Å². The fraction of sp³-hybridized carbons (Fsp3) is 0.136. The largest absolute Gasteiger partial charge is 0.494 e. The second-order valence-electron chi connectivity index (χ2n) is 6.45. The quantitative estimate of drug-likeness (QED) is 0.631. The summed E-state index contributed by atoms with van der Waals surface area (Å²) in [5, 5.41) is 6.72. The number of nitrogens with zero attached hydrogens (tertiary/aromatic N) is 1. The Morgan fingerprint density at radius 3 is 2.48 bits per heavy atom. The Morgan fingerprint density at radius 1 is 1.03 bits per heavy atom. The molecule has 2 heterocycles. The number of anilines is 1. The monoisotopic (exact) mass is 406 g/mol. The molecule has 6 nitrogen and oxygen atoms in total. The van der Waals surface area contributed by atoms with E-state index < -0.39 is 11.8 Å². The number of nitrogens with one attached hydrogen (secondary N) is 1. The van der Waals surface area contributed by atoms with Crippen molar-refractivity contribution in [1.29, 1.82) is 0 Å². The van der Waals surface area contributed by atoms with Crippen LogP contribution >= 0.6 is 11.3 Å². The first-order valence-corrected chi connectivity index (χ1v) is 10.1. The lowest BCUT2D eigenvalue weighted by molar-refractivity contribution is 0.0923. The van der Waals surface area contributed by atoms with E-state index in [1.165, 1.54) is 12.1 Å². The Kier molecular flexibility index (Phi) is 5.14. The first kappa shape index (κ1) is 18.9. The van der Waals surface area contributed by atoms with Crippen LogP contribution in [0.2, 0.25) is 0 Å². The summed E-state index contributed by atoms with van der Waals surface area (Å²) >= 11 is 1.56. The molecule has 4 rings (SSSR count). The molecule has 0 aliphatic carbocycles. The van der Waals surface area contributed by atoms with E-state index in [1.807, 2.05) is 23.8 Å². The van der Waals surface area contributed by atoms with Gasteiger partial charge in [0.2, 0.25) is 0 Å². The maximum Gasteiger partial charge on any atom is 0.266 e. The molecule has 3 amide bonds. The molecule has 1 aromatic heterocycles. The number of fused-ring (bicyclic) bond motifs is 1. The fourth-order valence-corrected chi connectivity index (χ4v) is 3.82. The molecule has 3 aromatic rings. The van der Waals surface area contributed by atoms with Crippen molar-refractivity contribution in [2.75, 3.05) is 11.5 Å². The Bertz CT molecular complexity index is 1070. The van der Waals surface area contributed by atoms with Gasteiger partial charge in [0, 0.05) is 12.1 Å². The molecule has 1 N–H and O–H groups in total. The molecule has 0 radical (unpaired) electrons. The number of hydrogen-bond donors (Lipinski definition) is 1. The lowest BCUT2D eigenvalue weighted by atomic mass is 10.1. The van der Waals surface area contributed by atoms with Crippen LogP contribution in [0.5, 0.6) is 5.75 Å². The summed E-state index contributed by atoms with van der Waals surface area (Å²) in [6.07, 6.45) is 0. The van der Waals surface area contributed by atoms with Crippen LogP contribution in [-0.4, -0.2) is 24.3 Å². The third-order valence-corrected chi connectivity index (χ3v) is 5.32. The minimum absolute atomic E-state index is 0.229. The number of carbonyl (C=O) groups is 3. The summed E-state index contributed by atoms with van der Waals surface area (Å²) < 4.78 is 5.40. The van der Waals surface area contributed by atoms with Gasteiger partial charge < -0.3 is 10.1 Å². The van der Waals surface area contributed by atoms with Gasteiger partial charge >= 0.3 is 0 Å². The highest BCUT2D eigenvalue weighted by Gasteiger charge is 2.37. The zero-order chi connectivity index (χ0) is 20.4. The molecule has 2 aromatic carbocycles. The van der Waals surface area contributed by atoms with E-state index in [1.54, 1.807) is 41.7 Å². The van der Waals surface area contributed by atoms with Crippen molar-refractivity contribution in [3.05, 3.63) is 81.5 Å². The van der Waals surface area contributed by atoms with Crippen LogP contribution in [0.1, 0.15) is 43.6 Å². The van der Waals surface area contributed by atoms with E-state index in [9.17, 15) is 14.4 Å². The van der Waals surface area contributed by atoms with Gasteiger partial charge in [-0.1, -0.05) is 0 Å². The van der Waals surface area contributed by atoms with Gasteiger partial charge in [0.25, 0.3) is 17.7 Å². The van der Waals surface area contributed by atoms with Crippen LogP contribution in [0.4, 0.5) is 5.69 Å². The standard InChI is InChI=1S/C22H18N2O4S/c1-2-28-17-6-4-16(5-7-17)24-21(26)18-8-3-15(11-19(18)22(24)27)20(25)23-12-14-9-10-29-13-14/h3-11,13H,2,12H2,1H3,(H,23,25). The van der Waals surface area contributed by atoms with Gasteiger partial charge in [-0.3, -0.25) is 14.4 Å². The Balaban J connectivity index is 1.55. The molecule has 1 aliphatic rings. The highest BCUT2D eigenvalue weighted by Crippen LogP contribution is 2.30. The average Bonchev–Trinajstić information content (AvgIpc) is 3.34. The number of hydrogen-bond acceptors (Lipinski definition) is 5. The van der Waals surface area contributed by atoms with Crippen molar-refractivity contribution in [2.24, 2.45) is 0 Å². The first-order chi connectivity index (χ1) is 14.1. The van der Waals surface area contributed by atoms with Crippen molar-refractivity contribution in [2.45, 2.75) is 13.5 Å². The average molecular weight is 406 g/mol. The molecule has 0 fully saturated rings.